The lowest BCUT2D eigenvalue weighted by atomic mass is 10.1. The van der Waals surface area contributed by atoms with Gasteiger partial charge in [-0.15, -0.1) is 13.2 Å². The van der Waals surface area contributed by atoms with E-state index in [1.807, 2.05) is 6.07 Å². The minimum Gasteiger partial charge on any atom is -0.507 e. The van der Waals surface area contributed by atoms with Crippen molar-refractivity contribution in [2.45, 2.75) is 12.8 Å². The van der Waals surface area contributed by atoms with Gasteiger partial charge in [0.25, 0.3) is 5.91 Å². The average molecular weight is 437 g/mol. The standard InChI is InChI=1S/C23H20N2O3S2/c1-3-7-15-9-5-11-17(20(15)26)13-19-22(28)25(23(29)30-19)24-14-18-12-6-10-16(8-4-2)21(18)27/h3-6,9-14,26-27H,1-2,7-8H2/b19-13?,24-14+. The van der Waals surface area contributed by atoms with Gasteiger partial charge < -0.3 is 10.2 Å². The average Bonchev–Trinajstić information content (AvgIpc) is 2.99. The van der Waals surface area contributed by atoms with Gasteiger partial charge in [-0.1, -0.05) is 54.2 Å². The summed E-state index contributed by atoms with van der Waals surface area (Å²) in [5, 5.41) is 26.1. The monoisotopic (exact) mass is 436 g/mol. The van der Waals surface area contributed by atoms with Crippen molar-refractivity contribution >= 4 is 46.5 Å². The number of hydrogen-bond donors (Lipinski definition) is 2. The summed E-state index contributed by atoms with van der Waals surface area (Å²) in [6.07, 6.45) is 7.43. The van der Waals surface area contributed by atoms with Crippen molar-refractivity contribution in [2.24, 2.45) is 5.10 Å². The predicted octanol–water partition coefficient (Wildman–Crippen LogP) is 4.79. The van der Waals surface area contributed by atoms with Gasteiger partial charge in [-0.3, -0.25) is 4.79 Å². The van der Waals surface area contributed by atoms with Crippen molar-refractivity contribution in [3.05, 3.63) is 88.9 Å². The number of aromatic hydroxyl groups is 2. The lowest BCUT2D eigenvalue weighted by molar-refractivity contribution is -0.122. The third-order valence-corrected chi connectivity index (χ3v) is 5.69. The second-order valence-corrected chi connectivity index (χ2v) is 8.11. The summed E-state index contributed by atoms with van der Waals surface area (Å²) in [6.45, 7) is 7.36. The Labute approximate surface area is 184 Å². The largest absolute Gasteiger partial charge is 0.507 e. The predicted molar refractivity (Wildman–Crippen MR) is 127 cm³/mol. The molecule has 0 atom stereocenters. The van der Waals surface area contributed by atoms with Gasteiger partial charge in [0.15, 0.2) is 4.32 Å². The number of nitrogens with zero attached hydrogens (tertiary/aromatic N) is 2. The molecule has 30 heavy (non-hydrogen) atoms. The maximum atomic E-state index is 12.8. The van der Waals surface area contributed by atoms with Crippen molar-refractivity contribution in [1.29, 1.82) is 0 Å². The number of phenolic OH excluding ortho intramolecular Hbond substituents is 2. The maximum Gasteiger partial charge on any atom is 0.286 e. The Bertz CT molecular complexity index is 1090. The molecule has 1 amide bonds. The third-order valence-electron chi connectivity index (χ3n) is 4.40. The number of hydrazone groups is 1. The number of thioether (sulfide) groups is 1. The van der Waals surface area contributed by atoms with Crippen LogP contribution in [0.2, 0.25) is 0 Å². The van der Waals surface area contributed by atoms with Gasteiger partial charge >= 0.3 is 0 Å². The second-order valence-electron chi connectivity index (χ2n) is 6.43. The highest BCUT2D eigenvalue weighted by molar-refractivity contribution is 8.26. The highest BCUT2D eigenvalue weighted by Gasteiger charge is 2.32. The Morgan fingerprint density at radius 2 is 1.57 bits per heavy atom. The van der Waals surface area contributed by atoms with E-state index in [1.165, 1.54) is 6.21 Å². The molecule has 152 valence electrons. The maximum absolute atomic E-state index is 12.8. The number of benzene rings is 2. The number of hydrogen-bond acceptors (Lipinski definition) is 6. The Morgan fingerprint density at radius 1 is 1.00 bits per heavy atom. The molecule has 0 spiro atoms. The number of thiocarbonyl (C=S) groups is 1. The third kappa shape index (κ3) is 4.53. The molecule has 3 rings (SSSR count). The van der Waals surface area contributed by atoms with Crippen LogP contribution in [-0.2, 0) is 17.6 Å². The number of amides is 1. The van der Waals surface area contributed by atoms with Crippen molar-refractivity contribution in [2.75, 3.05) is 0 Å². The topological polar surface area (TPSA) is 73.1 Å². The molecule has 0 aliphatic carbocycles. The first-order valence-electron chi connectivity index (χ1n) is 9.11. The van der Waals surface area contributed by atoms with E-state index >= 15 is 0 Å². The molecule has 2 aromatic rings. The van der Waals surface area contributed by atoms with Gasteiger partial charge in [-0.05, 0) is 48.3 Å². The number of carbonyl (C=O) groups is 1. The van der Waals surface area contributed by atoms with Crippen LogP contribution in [0.3, 0.4) is 0 Å². The van der Waals surface area contributed by atoms with Crippen LogP contribution in [0.4, 0.5) is 0 Å². The van der Waals surface area contributed by atoms with Crippen LogP contribution in [0.25, 0.3) is 6.08 Å². The van der Waals surface area contributed by atoms with Crippen molar-refractivity contribution in [3.63, 3.8) is 0 Å². The zero-order chi connectivity index (χ0) is 21.7. The fourth-order valence-electron chi connectivity index (χ4n) is 2.90. The van der Waals surface area contributed by atoms with E-state index in [0.29, 0.717) is 34.4 Å². The summed E-state index contributed by atoms with van der Waals surface area (Å²) in [7, 11) is 0. The van der Waals surface area contributed by atoms with Gasteiger partial charge in [0.2, 0.25) is 0 Å². The molecule has 1 saturated heterocycles. The molecule has 0 aromatic heterocycles. The number of para-hydroxylation sites is 2. The van der Waals surface area contributed by atoms with Gasteiger partial charge in [0, 0.05) is 11.1 Å². The zero-order valence-electron chi connectivity index (χ0n) is 16.1. The lowest BCUT2D eigenvalue weighted by Crippen LogP contribution is -2.22. The molecule has 1 aliphatic heterocycles. The summed E-state index contributed by atoms with van der Waals surface area (Å²) in [5.74, 6) is -0.197. The molecule has 5 nitrogen and oxygen atoms in total. The Balaban J connectivity index is 1.86. The van der Waals surface area contributed by atoms with Crippen LogP contribution in [0.15, 0.2) is 71.7 Å². The van der Waals surface area contributed by atoms with Gasteiger partial charge in [-0.2, -0.15) is 10.1 Å². The molecule has 7 heteroatoms. The SMILES string of the molecule is C=CCc1cccc(C=C2SC(=S)N(/N=C/c3cccc(CC=C)c3O)C2=O)c1O. The first-order chi connectivity index (χ1) is 14.5. The minimum atomic E-state index is -0.392. The smallest absolute Gasteiger partial charge is 0.286 e. The van der Waals surface area contributed by atoms with E-state index in [1.54, 1.807) is 48.6 Å². The fraction of sp³-hybridized carbons (Fsp3) is 0.0870. The molecule has 0 radical (unpaired) electrons. The summed E-state index contributed by atoms with van der Waals surface area (Å²) < 4.78 is 0.269. The van der Waals surface area contributed by atoms with Gasteiger partial charge in [-0.25, -0.2) is 0 Å². The minimum absolute atomic E-state index is 0.0890. The van der Waals surface area contributed by atoms with E-state index < -0.39 is 5.91 Å². The number of carbonyl (C=O) groups excluding carboxylic acids is 1. The van der Waals surface area contributed by atoms with Gasteiger partial charge in [0.1, 0.15) is 11.5 Å². The van der Waals surface area contributed by atoms with Gasteiger partial charge in [0.05, 0.1) is 11.1 Å². The van der Waals surface area contributed by atoms with E-state index in [0.717, 1.165) is 22.3 Å². The highest BCUT2D eigenvalue weighted by atomic mass is 32.2. The number of phenols is 2. The molecule has 2 aromatic carbocycles. The van der Waals surface area contributed by atoms with Crippen molar-refractivity contribution in [1.82, 2.24) is 5.01 Å². The van der Waals surface area contributed by atoms with Crippen LogP contribution in [-0.4, -0.2) is 31.7 Å². The molecule has 1 heterocycles. The quantitative estimate of drug-likeness (QED) is 0.283. The molecule has 1 fully saturated rings. The van der Waals surface area contributed by atoms with Crippen LogP contribution < -0.4 is 0 Å². The summed E-state index contributed by atoms with van der Waals surface area (Å²) in [4.78, 5) is 13.1. The molecular weight excluding hydrogens is 416 g/mol. The molecule has 0 unspecified atom stereocenters. The molecule has 0 saturated carbocycles. The van der Waals surface area contributed by atoms with Crippen LogP contribution in [0.5, 0.6) is 11.5 Å². The van der Waals surface area contributed by atoms with Crippen LogP contribution in [0.1, 0.15) is 22.3 Å². The van der Waals surface area contributed by atoms with E-state index in [9.17, 15) is 15.0 Å². The zero-order valence-corrected chi connectivity index (χ0v) is 17.7. The van der Waals surface area contributed by atoms with Crippen LogP contribution in [0, 0.1) is 0 Å². The molecule has 0 bridgehead atoms. The second kappa shape index (κ2) is 9.56. The fourth-order valence-corrected chi connectivity index (χ4v) is 4.07. The van der Waals surface area contributed by atoms with E-state index in [2.05, 4.69) is 18.3 Å². The number of allylic oxidation sites excluding steroid dienone is 2. The molecule has 2 N–H and O–H groups in total. The van der Waals surface area contributed by atoms with E-state index in [4.69, 9.17) is 12.2 Å². The first kappa shape index (κ1) is 21.5. The Kier molecular flexibility index (Phi) is 6.87. The molecular formula is C23H20N2O3S2. The molecule has 1 aliphatic rings. The lowest BCUT2D eigenvalue weighted by Gasteiger charge is -2.08. The van der Waals surface area contributed by atoms with Crippen molar-refractivity contribution < 1.29 is 15.0 Å². The van der Waals surface area contributed by atoms with Crippen LogP contribution >= 0.6 is 24.0 Å². The Hall–Kier alpha value is -3.16. The van der Waals surface area contributed by atoms with Crippen molar-refractivity contribution in [3.8, 4) is 11.5 Å². The highest BCUT2D eigenvalue weighted by Crippen LogP contribution is 2.35. The summed E-state index contributed by atoms with van der Waals surface area (Å²) >= 11 is 6.39. The number of rotatable bonds is 7. The summed E-state index contributed by atoms with van der Waals surface area (Å²) in [5.41, 5.74) is 2.44. The summed E-state index contributed by atoms with van der Waals surface area (Å²) in [6, 6.07) is 10.6. The normalized spacial score (nSPS) is 15.3. The Morgan fingerprint density at radius 3 is 2.17 bits per heavy atom. The van der Waals surface area contributed by atoms with E-state index in [-0.39, 0.29) is 15.8 Å². The first-order valence-corrected chi connectivity index (χ1v) is 10.3.